The fourth-order valence-corrected chi connectivity index (χ4v) is 1.30. The van der Waals surface area contributed by atoms with Gasteiger partial charge in [0.1, 0.15) is 5.69 Å². The molecule has 12 heavy (non-hydrogen) atoms. The van der Waals surface area contributed by atoms with E-state index in [1.807, 2.05) is 0 Å². The smallest absolute Gasteiger partial charge is 0.265 e. The number of halogens is 1. The monoisotopic (exact) mass is 230 g/mol. The minimum absolute atomic E-state index is 0.156. The first kappa shape index (κ1) is 8.99. The minimum Gasteiger partial charge on any atom is -0.364 e. The Hall–Kier alpha value is -1.10. The van der Waals surface area contributed by atoms with E-state index < -0.39 is 5.91 Å². The number of rotatable bonds is 1. The van der Waals surface area contributed by atoms with E-state index in [1.165, 1.54) is 0 Å². The van der Waals surface area contributed by atoms with Crippen LogP contribution in [0.1, 0.15) is 16.1 Å². The topological polar surface area (TPSA) is 75.9 Å². The lowest BCUT2D eigenvalue weighted by molar-refractivity contribution is 0.0994. The lowest BCUT2D eigenvalue weighted by Crippen LogP contribution is -2.20. The summed E-state index contributed by atoms with van der Waals surface area (Å²) in [4.78, 5) is 24.1. The molecule has 4 nitrogen and oxygen atoms in total. The van der Waals surface area contributed by atoms with Gasteiger partial charge in [0.2, 0.25) is 0 Å². The first-order valence-electron chi connectivity index (χ1n) is 3.21. The zero-order valence-corrected chi connectivity index (χ0v) is 7.94. The van der Waals surface area contributed by atoms with Crippen LogP contribution >= 0.6 is 15.9 Å². The lowest BCUT2D eigenvalue weighted by Gasteiger charge is -2.00. The number of primary amides is 1. The molecule has 1 aromatic heterocycles. The Morgan fingerprint density at radius 1 is 1.67 bits per heavy atom. The van der Waals surface area contributed by atoms with Crippen molar-refractivity contribution in [2.24, 2.45) is 5.73 Å². The molecule has 0 saturated carbocycles. The second kappa shape index (κ2) is 3.10. The van der Waals surface area contributed by atoms with Gasteiger partial charge in [0, 0.05) is 0 Å². The maximum Gasteiger partial charge on any atom is 0.265 e. The van der Waals surface area contributed by atoms with Gasteiger partial charge < -0.3 is 10.7 Å². The molecule has 0 aliphatic rings. The molecular formula is C7H7BrN2O2. The number of hydrogen-bond acceptors (Lipinski definition) is 2. The summed E-state index contributed by atoms with van der Waals surface area (Å²) in [5.74, 6) is -0.628. The van der Waals surface area contributed by atoms with Gasteiger partial charge in [-0.2, -0.15) is 0 Å². The van der Waals surface area contributed by atoms with Crippen molar-refractivity contribution in [3.05, 3.63) is 32.2 Å². The number of carbonyl (C=O) groups excluding carboxylic acids is 1. The standard InChI is InChI=1S/C7H7BrN2O2/c1-3-2-4(8)7(12)10-5(3)6(9)11/h2H,1H3,(H2,9,11)(H,10,12). The molecule has 3 N–H and O–H groups in total. The van der Waals surface area contributed by atoms with E-state index >= 15 is 0 Å². The molecule has 0 aromatic carbocycles. The van der Waals surface area contributed by atoms with Crippen molar-refractivity contribution < 1.29 is 4.79 Å². The Labute approximate surface area is 76.9 Å². The van der Waals surface area contributed by atoms with Gasteiger partial charge in [-0.15, -0.1) is 0 Å². The van der Waals surface area contributed by atoms with Crippen molar-refractivity contribution >= 4 is 21.8 Å². The first-order valence-corrected chi connectivity index (χ1v) is 4.01. The number of carbonyl (C=O) groups is 1. The van der Waals surface area contributed by atoms with Gasteiger partial charge in [-0.05, 0) is 34.5 Å². The van der Waals surface area contributed by atoms with Crippen molar-refractivity contribution in [1.29, 1.82) is 0 Å². The molecule has 1 heterocycles. The Kier molecular flexibility index (Phi) is 2.32. The average molecular weight is 231 g/mol. The Morgan fingerprint density at radius 2 is 2.25 bits per heavy atom. The van der Waals surface area contributed by atoms with E-state index in [9.17, 15) is 9.59 Å². The third-order valence-corrected chi connectivity index (χ3v) is 2.03. The SMILES string of the molecule is Cc1cc(Br)c(=O)[nH]c1C(N)=O. The van der Waals surface area contributed by atoms with Crippen molar-refractivity contribution in [1.82, 2.24) is 4.98 Å². The van der Waals surface area contributed by atoms with Gasteiger partial charge in [-0.1, -0.05) is 0 Å². The Balaban J connectivity index is 3.43. The number of H-pyrrole nitrogens is 1. The molecule has 0 atom stereocenters. The molecule has 5 heteroatoms. The molecule has 0 aliphatic heterocycles. The summed E-state index contributed by atoms with van der Waals surface area (Å²) in [6.45, 7) is 1.70. The molecule has 64 valence electrons. The summed E-state index contributed by atoms with van der Waals surface area (Å²) in [6.07, 6.45) is 0. The van der Waals surface area contributed by atoms with Gasteiger partial charge in [0.15, 0.2) is 0 Å². The summed E-state index contributed by atoms with van der Waals surface area (Å²) in [6, 6.07) is 1.55. The lowest BCUT2D eigenvalue weighted by atomic mass is 10.2. The van der Waals surface area contributed by atoms with E-state index in [0.717, 1.165) is 0 Å². The second-order valence-electron chi connectivity index (χ2n) is 2.37. The van der Waals surface area contributed by atoms with E-state index in [0.29, 0.717) is 10.0 Å². The molecule has 1 aromatic rings. The van der Waals surface area contributed by atoms with Crippen LogP contribution in [-0.4, -0.2) is 10.9 Å². The summed E-state index contributed by atoms with van der Waals surface area (Å²) in [5.41, 5.74) is 5.46. The second-order valence-corrected chi connectivity index (χ2v) is 3.22. The number of aromatic nitrogens is 1. The molecule has 0 fully saturated rings. The van der Waals surface area contributed by atoms with E-state index in [2.05, 4.69) is 20.9 Å². The maximum atomic E-state index is 11.0. The van der Waals surface area contributed by atoms with Crippen LogP contribution in [-0.2, 0) is 0 Å². The van der Waals surface area contributed by atoms with Gasteiger partial charge in [0.25, 0.3) is 11.5 Å². The predicted octanol–water partition coefficient (Wildman–Crippen LogP) is 0.545. The van der Waals surface area contributed by atoms with Crippen LogP contribution in [0.5, 0.6) is 0 Å². The van der Waals surface area contributed by atoms with Gasteiger partial charge in [-0.3, -0.25) is 9.59 Å². The quantitative estimate of drug-likeness (QED) is 0.740. The molecule has 0 saturated heterocycles. The fraction of sp³-hybridized carbons (Fsp3) is 0.143. The molecule has 0 unspecified atom stereocenters. The van der Waals surface area contributed by atoms with Crippen LogP contribution < -0.4 is 11.3 Å². The normalized spacial score (nSPS) is 9.83. The van der Waals surface area contributed by atoms with Crippen molar-refractivity contribution in [2.45, 2.75) is 6.92 Å². The number of amides is 1. The first-order chi connectivity index (χ1) is 5.52. The van der Waals surface area contributed by atoms with Crippen LogP contribution in [0.15, 0.2) is 15.3 Å². The number of nitrogens with one attached hydrogen (secondary N) is 1. The maximum absolute atomic E-state index is 11.0. The van der Waals surface area contributed by atoms with Gasteiger partial charge in [-0.25, -0.2) is 0 Å². The van der Waals surface area contributed by atoms with E-state index in [1.54, 1.807) is 13.0 Å². The highest BCUT2D eigenvalue weighted by atomic mass is 79.9. The summed E-state index contributed by atoms with van der Waals surface area (Å²) in [7, 11) is 0. The minimum atomic E-state index is -0.628. The summed E-state index contributed by atoms with van der Waals surface area (Å²) < 4.78 is 0.394. The summed E-state index contributed by atoms with van der Waals surface area (Å²) >= 11 is 3.03. The van der Waals surface area contributed by atoms with Gasteiger partial charge in [0.05, 0.1) is 4.47 Å². The number of aryl methyl sites for hydroxylation is 1. The third-order valence-electron chi connectivity index (χ3n) is 1.44. The largest absolute Gasteiger partial charge is 0.364 e. The highest BCUT2D eigenvalue weighted by molar-refractivity contribution is 9.10. The number of aromatic amines is 1. The molecule has 0 bridgehead atoms. The van der Waals surface area contributed by atoms with Crippen molar-refractivity contribution in [3.8, 4) is 0 Å². The molecule has 0 spiro atoms. The van der Waals surface area contributed by atoms with E-state index in [-0.39, 0.29) is 11.3 Å². The number of nitrogens with two attached hydrogens (primary N) is 1. The molecule has 0 radical (unpaired) electrons. The van der Waals surface area contributed by atoms with Crippen LogP contribution in [0.3, 0.4) is 0 Å². The zero-order chi connectivity index (χ0) is 9.30. The van der Waals surface area contributed by atoms with Crippen LogP contribution in [0, 0.1) is 6.92 Å². The number of hydrogen-bond donors (Lipinski definition) is 2. The highest BCUT2D eigenvalue weighted by Crippen LogP contribution is 2.07. The molecule has 0 aliphatic carbocycles. The fourth-order valence-electron chi connectivity index (χ4n) is 0.856. The highest BCUT2D eigenvalue weighted by Gasteiger charge is 2.07. The molecule has 1 rings (SSSR count). The van der Waals surface area contributed by atoms with Gasteiger partial charge >= 0.3 is 0 Å². The third kappa shape index (κ3) is 1.55. The Morgan fingerprint density at radius 3 is 2.75 bits per heavy atom. The van der Waals surface area contributed by atoms with Crippen molar-refractivity contribution in [3.63, 3.8) is 0 Å². The molecular weight excluding hydrogens is 224 g/mol. The molecule has 1 amide bonds. The van der Waals surface area contributed by atoms with Crippen LogP contribution in [0.25, 0.3) is 0 Å². The van der Waals surface area contributed by atoms with Crippen molar-refractivity contribution in [2.75, 3.05) is 0 Å². The van der Waals surface area contributed by atoms with Crippen LogP contribution in [0.4, 0.5) is 0 Å². The number of pyridine rings is 1. The Bertz CT molecular complexity index is 383. The predicted molar refractivity (Wildman–Crippen MR) is 48.0 cm³/mol. The zero-order valence-electron chi connectivity index (χ0n) is 6.35. The summed E-state index contributed by atoms with van der Waals surface area (Å²) in [5, 5.41) is 0. The average Bonchev–Trinajstić information content (AvgIpc) is 1.96. The van der Waals surface area contributed by atoms with Crippen LogP contribution in [0.2, 0.25) is 0 Å². The van der Waals surface area contributed by atoms with E-state index in [4.69, 9.17) is 5.73 Å².